The maximum atomic E-state index is 12.8. The van der Waals surface area contributed by atoms with Crippen molar-refractivity contribution in [3.8, 4) is 11.5 Å². The van der Waals surface area contributed by atoms with Gasteiger partial charge < -0.3 is 14.7 Å². The SMILES string of the molecule is Cc1cc(O)c(CN(C)C)c2c1C(=O)/C(=C/c1c(Cl)cccc1Cl)O2. The molecule has 0 atom stereocenters. The molecule has 0 aliphatic carbocycles. The predicted octanol–water partition coefficient (Wildman–Crippen LogP) is 4.69. The van der Waals surface area contributed by atoms with Crippen molar-refractivity contribution in [3.63, 3.8) is 0 Å². The Morgan fingerprint density at radius 3 is 2.48 bits per heavy atom. The lowest BCUT2D eigenvalue weighted by molar-refractivity contribution is 0.101. The molecule has 1 heterocycles. The van der Waals surface area contributed by atoms with Gasteiger partial charge in [0.2, 0.25) is 5.78 Å². The van der Waals surface area contributed by atoms with Crippen LogP contribution in [0.3, 0.4) is 0 Å². The van der Waals surface area contributed by atoms with E-state index in [0.717, 1.165) is 0 Å². The van der Waals surface area contributed by atoms with Crippen LogP contribution in [0.2, 0.25) is 10.0 Å². The van der Waals surface area contributed by atoms with E-state index < -0.39 is 0 Å². The van der Waals surface area contributed by atoms with Crippen molar-refractivity contribution in [2.45, 2.75) is 13.5 Å². The summed E-state index contributed by atoms with van der Waals surface area (Å²) in [6.45, 7) is 2.21. The first kappa shape index (κ1) is 17.8. The van der Waals surface area contributed by atoms with Gasteiger partial charge in [-0.3, -0.25) is 4.79 Å². The van der Waals surface area contributed by atoms with E-state index >= 15 is 0 Å². The first-order chi connectivity index (χ1) is 11.8. The number of benzene rings is 2. The zero-order chi connectivity index (χ0) is 18.3. The number of hydrogen-bond acceptors (Lipinski definition) is 4. The number of ether oxygens (including phenoxy) is 1. The highest BCUT2D eigenvalue weighted by molar-refractivity contribution is 6.37. The summed E-state index contributed by atoms with van der Waals surface area (Å²) in [5, 5.41) is 11.1. The van der Waals surface area contributed by atoms with Gasteiger partial charge in [0.05, 0.1) is 11.1 Å². The van der Waals surface area contributed by atoms with Crippen molar-refractivity contribution in [1.29, 1.82) is 0 Å². The minimum atomic E-state index is -0.247. The largest absolute Gasteiger partial charge is 0.507 e. The van der Waals surface area contributed by atoms with Gasteiger partial charge in [0.25, 0.3) is 0 Å². The lowest BCUT2D eigenvalue weighted by Gasteiger charge is -2.15. The van der Waals surface area contributed by atoms with Crippen LogP contribution in [0.5, 0.6) is 11.5 Å². The Kier molecular flexibility index (Phi) is 4.78. The van der Waals surface area contributed by atoms with Crippen LogP contribution >= 0.6 is 23.2 Å². The van der Waals surface area contributed by atoms with E-state index in [0.29, 0.717) is 44.6 Å². The fraction of sp³-hybridized carbons (Fsp3) is 0.211. The third-order valence-corrected chi connectivity index (χ3v) is 4.63. The van der Waals surface area contributed by atoms with E-state index in [1.54, 1.807) is 37.3 Å². The zero-order valence-corrected chi connectivity index (χ0v) is 15.6. The second-order valence-corrected chi connectivity index (χ2v) is 7.02. The zero-order valence-electron chi connectivity index (χ0n) is 14.1. The second-order valence-electron chi connectivity index (χ2n) is 6.21. The summed E-state index contributed by atoms with van der Waals surface area (Å²) < 4.78 is 5.83. The van der Waals surface area contributed by atoms with Crippen molar-refractivity contribution in [3.05, 3.63) is 62.3 Å². The Bertz CT molecular complexity index is 884. The van der Waals surface area contributed by atoms with Crippen molar-refractivity contribution in [2.75, 3.05) is 14.1 Å². The summed E-state index contributed by atoms with van der Waals surface area (Å²) in [5.74, 6) is 0.391. The predicted molar refractivity (Wildman–Crippen MR) is 99.6 cm³/mol. The molecule has 0 saturated heterocycles. The van der Waals surface area contributed by atoms with Crippen molar-refractivity contribution < 1.29 is 14.6 Å². The van der Waals surface area contributed by atoms with E-state index in [2.05, 4.69) is 0 Å². The molecule has 1 aliphatic heterocycles. The number of fused-ring (bicyclic) bond motifs is 1. The summed E-state index contributed by atoms with van der Waals surface area (Å²) in [5.41, 5.74) is 2.23. The molecule has 25 heavy (non-hydrogen) atoms. The molecular weight excluding hydrogens is 361 g/mol. The van der Waals surface area contributed by atoms with E-state index in [4.69, 9.17) is 27.9 Å². The molecule has 6 heteroatoms. The number of allylic oxidation sites excluding steroid dienone is 1. The van der Waals surface area contributed by atoms with Gasteiger partial charge in [-0.2, -0.15) is 0 Å². The third-order valence-electron chi connectivity index (χ3n) is 3.97. The minimum Gasteiger partial charge on any atom is -0.507 e. The van der Waals surface area contributed by atoms with Crippen molar-refractivity contribution in [1.82, 2.24) is 4.90 Å². The van der Waals surface area contributed by atoms with Crippen LogP contribution in [0.1, 0.15) is 27.0 Å². The van der Waals surface area contributed by atoms with Crippen LogP contribution in [0.25, 0.3) is 6.08 Å². The third kappa shape index (κ3) is 3.25. The van der Waals surface area contributed by atoms with Gasteiger partial charge in [0.1, 0.15) is 11.5 Å². The summed E-state index contributed by atoms with van der Waals surface area (Å²) in [6.07, 6.45) is 1.54. The Labute approximate surface area is 156 Å². The molecule has 0 radical (unpaired) electrons. The van der Waals surface area contributed by atoms with Crippen molar-refractivity contribution in [2.24, 2.45) is 0 Å². The standard InChI is InChI=1S/C19H17Cl2NO3/c1-10-7-15(23)12(9-22(2)3)19-17(10)18(24)16(25-19)8-11-13(20)5-4-6-14(11)21/h4-8,23H,9H2,1-3H3/b16-8-. The molecule has 0 amide bonds. The Hall–Kier alpha value is -2.01. The molecule has 2 aromatic rings. The quantitative estimate of drug-likeness (QED) is 0.788. The maximum Gasteiger partial charge on any atom is 0.232 e. The number of ketones is 1. The first-order valence-corrected chi connectivity index (χ1v) is 8.43. The molecule has 1 aliphatic rings. The topological polar surface area (TPSA) is 49.8 Å². The number of nitrogens with zero attached hydrogens (tertiary/aromatic N) is 1. The summed E-state index contributed by atoms with van der Waals surface area (Å²) in [7, 11) is 3.76. The average molecular weight is 378 g/mol. The highest BCUT2D eigenvalue weighted by atomic mass is 35.5. The van der Waals surface area contributed by atoms with Gasteiger partial charge >= 0.3 is 0 Å². The molecule has 0 aromatic heterocycles. The molecule has 0 spiro atoms. The van der Waals surface area contributed by atoms with Gasteiger partial charge in [-0.05, 0) is 50.9 Å². The molecule has 0 saturated carbocycles. The molecule has 130 valence electrons. The van der Waals surface area contributed by atoms with E-state index in [9.17, 15) is 9.90 Å². The molecule has 4 nitrogen and oxygen atoms in total. The number of rotatable bonds is 3. The number of aromatic hydroxyl groups is 1. The van der Waals surface area contributed by atoms with Crippen LogP contribution in [-0.2, 0) is 6.54 Å². The lowest BCUT2D eigenvalue weighted by Crippen LogP contribution is -2.12. The molecular formula is C19H17Cl2NO3. The fourth-order valence-corrected chi connectivity index (χ4v) is 3.34. The minimum absolute atomic E-state index is 0.106. The number of hydrogen-bond donors (Lipinski definition) is 1. The summed E-state index contributed by atoms with van der Waals surface area (Å²) in [4.78, 5) is 14.7. The van der Waals surface area contributed by atoms with E-state index in [1.807, 2.05) is 19.0 Å². The van der Waals surface area contributed by atoms with Gasteiger partial charge in [0, 0.05) is 22.2 Å². The number of phenols is 1. The molecule has 1 N–H and O–H groups in total. The lowest BCUT2D eigenvalue weighted by atomic mass is 9.99. The highest BCUT2D eigenvalue weighted by Gasteiger charge is 2.33. The van der Waals surface area contributed by atoms with Gasteiger partial charge in [-0.25, -0.2) is 0 Å². The van der Waals surface area contributed by atoms with Crippen LogP contribution < -0.4 is 4.74 Å². The number of phenolic OH excluding ortho intramolecular Hbond substituents is 1. The maximum absolute atomic E-state index is 12.8. The average Bonchev–Trinajstić information content (AvgIpc) is 2.84. The highest BCUT2D eigenvalue weighted by Crippen LogP contribution is 2.42. The number of halogens is 2. The summed E-state index contributed by atoms with van der Waals surface area (Å²) >= 11 is 12.4. The van der Waals surface area contributed by atoms with Crippen LogP contribution in [0.4, 0.5) is 0 Å². The number of aryl methyl sites for hydroxylation is 1. The van der Waals surface area contributed by atoms with Gasteiger partial charge in [0.15, 0.2) is 5.76 Å². The molecule has 0 fully saturated rings. The van der Waals surface area contributed by atoms with Crippen LogP contribution in [-0.4, -0.2) is 29.9 Å². The van der Waals surface area contributed by atoms with Gasteiger partial charge in [-0.15, -0.1) is 0 Å². The normalized spacial score (nSPS) is 15.0. The number of carbonyl (C=O) groups is 1. The summed E-state index contributed by atoms with van der Waals surface area (Å²) in [6, 6.07) is 6.71. The molecule has 3 rings (SSSR count). The number of Topliss-reactive ketones (excluding diaryl/α,β-unsaturated/α-hetero) is 1. The Morgan fingerprint density at radius 1 is 1.24 bits per heavy atom. The van der Waals surface area contributed by atoms with E-state index in [1.165, 1.54) is 0 Å². The van der Waals surface area contributed by atoms with Gasteiger partial charge in [-0.1, -0.05) is 29.3 Å². The van der Waals surface area contributed by atoms with Crippen LogP contribution in [0.15, 0.2) is 30.0 Å². The molecule has 2 aromatic carbocycles. The van der Waals surface area contributed by atoms with E-state index in [-0.39, 0.29) is 17.3 Å². The fourth-order valence-electron chi connectivity index (χ4n) is 2.83. The smallest absolute Gasteiger partial charge is 0.232 e. The monoisotopic (exact) mass is 377 g/mol. The second kappa shape index (κ2) is 6.71. The Morgan fingerprint density at radius 2 is 1.88 bits per heavy atom. The Balaban J connectivity index is 2.12. The van der Waals surface area contributed by atoms with Crippen molar-refractivity contribution >= 4 is 35.1 Å². The molecule has 0 bridgehead atoms. The molecule has 0 unspecified atom stereocenters. The van der Waals surface area contributed by atoms with Crippen LogP contribution in [0, 0.1) is 6.92 Å². The number of carbonyl (C=O) groups excluding carboxylic acids is 1. The first-order valence-electron chi connectivity index (χ1n) is 7.68.